The van der Waals surface area contributed by atoms with Gasteiger partial charge >= 0.3 is 0 Å². The van der Waals surface area contributed by atoms with Gasteiger partial charge in [-0.1, -0.05) is 27.2 Å². The summed E-state index contributed by atoms with van der Waals surface area (Å²) in [7, 11) is 0. The predicted octanol–water partition coefficient (Wildman–Crippen LogP) is 2.62. The van der Waals surface area contributed by atoms with Crippen LogP contribution in [0.25, 0.3) is 0 Å². The van der Waals surface area contributed by atoms with Crippen molar-refractivity contribution in [3.63, 3.8) is 0 Å². The highest BCUT2D eigenvalue weighted by Gasteiger charge is 2.31. The van der Waals surface area contributed by atoms with Gasteiger partial charge in [-0.15, -0.1) is 0 Å². The summed E-state index contributed by atoms with van der Waals surface area (Å²) in [6, 6.07) is 0. The fraction of sp³-hybridized carbons (Fsp3) is 0.909. The molecule has 1 aliphatic rings. The molecule has 1 aliphatic carbocycles. The van der Waals surface area contributed by atoms with E-state index in [2.05, 4.69) is 20.8 Å². The molecule has 1 fully saturated rings. The van der Waals surface area contributed by atoms with Crippen molar-refractivity contribution in [2.75, 3.05) is 0 Å². The number of carbonyl (C=O) groups excluding carboxylic acids is 1. The van der Waals surface area contributed by atoms with Gasteiger partial charge in [0.05, 0.1) is 0 Å². The Morgan fingerprint density at radius 1 is 1.38 bits per heavy atom. The molecule has 0 spiro atoms. The molecule has 0 radical (unpaired) electrons. The van der Waals surface area contributed by atoms with Gasteiger partial charge in [0.1, 0.15) is 6.10 Å². The predicted molar refractivity (Wildman–Crippen MR) is 52.3 cm³/mol. The molecule has 0 aromatic carbocycles. The largest absolute Gasteiger partial charge is 0.464 e. The fourth-order valence-electron chi connectivity index (χ4n) is 2.34. The van der Waals surface area contributed by atoms with Gasteiger partial charge in [0.2, 0.25) is 0 Å². The monoisotopic (exact) mass is 184 g/mol. The summed E-state index contributed by atoms with van der Waals surface area (Å²) in [6.45, 7) is 7.26. The first-order chi connectivity index (χ1) is 6.15. The Morgan fingerprint density at radius 2 is 2.08 bits per heavy atom. The molecule has 1 saturated carbocycles. The van der Waals surface area contributed by atoms with Crippen LogP contribution in [0.2, 0.25) is 0 Å². The van der Waals surface area contributed by atoms with Crippen LogP contribution in [0.1, 0.15) is 40.0 Å². The standard InChI is InChI=1S/C11H20O2/c1-8(2)10-5-4-9(3)6-11(10)13-7-12/h7-11H,4-6H2,1-3H3/t9?,10-,11?/m0/s1. The van der Waals surface area contributed by atoms with E-state index in [-0.39, 0.29) is 6.10 Å². The molecular weight excluding hydrogens is 164 g/mol. The quantitative estimate of drug-likeness (QED) is 0.630. The normalized spacial score (nSPS) is 34.6. The highest BCUT2D eigenvalue weighted by Crippen LogP contribution is 2.34. The molecule has 2 nitrogen and oxygen atoms in total. The summed E-state index contributed by atoms with van der Waals surface area (Å²) in [5, 5.41) is 0. The number of hydrogen-bond acceptors (Lipinski definition) is 2. The Balaban J connectivity index is 2.54. The summed E-state index contributed by atoms with van der Waals surface area (Å²) >= 11 is 0. The smallest absolute Gasteiger partial charge is 0.293 e. The van der Waals surface area contributed by atoms with E-state index in [1.54, 1.807) is 0 Å². The van der Waals surface area contributed by atoms with Crippen molar-refractivity contribution in [2.45, 2.75) is 46.1 Å². The third-order valence-electron chi connectivity index (χ3n) is 3.19. The van der Waals surface area contributed by atoms with E-state index in [9.17, 15) is 4.79 Å². The molecule has 0 saturated heterocycles. The highest BCUT2D eigenvalue weighted by molar-refractivity contribution is 5.37. The van der Waals surface area contributed by atoms with Gasteiger partial charge in [-0.05, 0) is 30.6 Å². The lowest BCUT2D eigenvalue weighted by molar-refractivity contribution is -0.140. The van der Waals surface area contributed by atoms with E-state index in [0.717, 1.165) is 6.42 Å². The minimum atomic E-state index is 0.168. The summed E-state index contributed by atoms with van der Waals surface area (Å²) in [4.78, 5) is 10.3. The van der Waals surface area contributed by atoms with Crippen molar-refractivity contribution >= 4 is 6.47 Å². The molecule has 0 aromatic rings. The van der Waals surface area contributed by atoms with E-state index >= 15 is 0 Å². The lowest BCUT2D eigenvalue weighted by Crippen LogP contribution is -2.33. The van der Waals surface area contributed by atoms with Crippen LogP contribution in [0.3, 0.4) is 0 Å². The van der Waals surface area contributed by atoms with Crippen molar-refractivity contribution in [3.05, 3.63) is 0 Å². The maximum Gasteiger partial charge on any atom is 0.293 e. The zero-order valence-corrected chi connectivity index (χ0v) is 8.82. The molecule has 0 N–H and O–H groups in total. The van der Waals surface area contributed by atoms with Crippen LogP contribution in [-0.2, 0) is 9.53 Å². The zero-order valence-electron chi connectivity index (χ0n) is 8.82. The van der Waals surface area contributed by atoms with Crippen LogP contribution in [0.5, 0.6) is 0 Å². The van der Waals surface area contributed by atoms with Gasteiger partial charge < -0.3 is 4.74 Å². The van der Waals surface area contributed by atoms with E-state index in [1.807, 2.05) is 0 Å². The summed E-state index contributed by atoms with van der Waals surface area (Å²) in [5.74, 6) is 1.90. The topological polar surface area (TPSA) is 26.3 Å². The zero-order chi connectivity index (χ0) is 9.84. The van der Waals surface area contributed by atoms with Crippen molar-refractivity contribution < 1.29 is 9.53 Å². The van der Waals surface area contributed by atoms with Crippen LogP contribution in [0, 0.1) is 17.8 Å². The fourth-order valence-corrected chi connectivity index (χ4v) is 2.34. The molecular formula is C11H20O2. The van der Waals surface area contributed by atoms with E-state index in [1.165, 1.54) is 12.8 Å². The average molecular weight is 184 g/mol. The molecule has 3 atom stereocenters. The van der Waals surface area contributed by atoms with Crippen LogP contribution >= 0.6 is 0 Å². The second kappa shape index (κ2) is 4.64. The number of hydrogen-bond donors (Lipinski definition) is 0. The molecule has 76 valence electrons. The third kappa shape index (κ3) is 2.71. The van der Waals surface area contributed by atoms with Crippen molar-refractivity contribution in [3.8, 4) is 0 Å². The number of ether oxygens (including phenoxy) is 1. The third-order valence-corrected chi connectivity index (χ3v) is 3.19. The Kier molecular flexibility index (Phi) is 3.76. The summed E-state index contributed by atoms with van der Waals surface area (Å²) in [5.41, 5.74) is 0. The first kappa shape index (κ1) is 10.6. The maximum absolute atomic E-state index is 10.3. The van der Waals surface area contributed by atoms with Crippen LogP contribution in [-0.4, -0.2) is 12.6 Å². The van der Waals surface area contributed by atoms with Crippen molar-refractivity contribution in [1.29, 1.82) is 0 Å². The molecule has 2 unspecified atom stereocenters. The summed E-state index contributed by atoms with van der Waals surface area (Å²) < 4.78 is 5.15. The SMILES string of the molecule is CC1CC[C@@H](C(C)C)C(OC=O)C1. The van der Waals surface area contributed by atoms with Crippen LogP contribution in [0.4, 0.5) is 0 Å². The van der Waals surface area contributed by atoms with Crippen LogP contribution < -0.4 is 0 Å². The van der Waals surface area contributed by atoms with Crippen molar-refractivity contribution in [1.82, 2.24) is 0 Å². The molecule has 1 rings (SSSR count). The van der Waals surface area contributed by atoms with Gasteiger partial charge in [-0.3, -0.25) is 4.79 Å². The molecule has 0 aliphatic heterocycles. The minimum Gasteiger partial charge on any atom is -0.464 e. The second-order valence-electron chi connectivity index (χ2n) is 4.60. The summed E-state index contributed by atoms with van der Waals surface area (Å²) in [6.07, 6.45) is 3.70. The molecule has 0 aromatic heterocycles. The van der Waals surface area contributed by atoms with E-state index in [0.29, 0.717) is 24.2 Å². The van der Waals surface area contributed by atoms with Gasteiger partial charge in [0.15, 0.2) is 0 Å². The van der Waals surface area contributed by atoms with Gasteiger partial charge in [0, 0.05) is 0 Å². The minimum absolute atomic E-state index is 0.168. The molecule has 13 heavy (non-hydrogen) atoms. The average Bonchev–Trinajstić information content (AvgIpc) is 2.04. The van der Waals surface area contributed by atoms with Gasteiger partial charge in [-0.2, -0.15) is 0 Å². The molecule has 0 bridgehead atoms. The van der Waals surface area contributed by atoms with Crippen LogP contribution in [0.15, 0.2) is 0 Å². The number of rotatable bonds is 3. The molecule has 2 heteroatoms. The van der Waals surface area contributed by atoms with Gasteiger partial charge in [0.25, 0.3) is 6.47 Å². The van der Waals surface area contributed by atoms with Crippen molar-refractivity contribution in [2.24, 2.45) is 17.8 Å². The van der Waals surface area contributed by atoms with E-state index in [4.69, 9.17) is 4.74 Å². The lowest BCUT2D eigenvalue weighted by atomic mass is 9.75. The maximum atomic E-state index is 10.3. The second-order valence-corrected chi connectivity index (χ2v) is 4.60. The Hall–Kier alpha value is -0.530. The first-order valence-corrected chi connectivity index (χ1v) is 5.24. The highest BCUT2D eigenvalue weighted by atomic mass is 16.5. The molecule has 0 amide bonds. The number of carbonyl (C=O) groups is 1. The Morgan fingerprint density at radius 3 is 2.62 bits per heavy atom. The Labute approximate surface area is 80.7 Å². The lowest BCUT2D eigenvalue weighted by Gasteiger charge is -2.35. The van der Waals surface area contributed by atoms with E-state index < -0.39 is 0 Å². The van der Waals surface area contributed by atoms with Gasteiger partial charge in [-0.25, -0.2) is 0 Å². The first-order valence-electron chi connectivity index (χ1n) is 5.24. The molecule has 0 heterocycles. The Bertz CT molecular complexity index is 165.